The Bertz CT molecular complexity index is 1640. The molecule has 196 valence electrons. The first-order valence-corrected chi connectivity index (χ1v) is 12.8. The number of aryl methyl sites for hydroxylation is 1. The van der Waals surface area contributed by atoms with E-state index in [2.05, 4.69) is 77.2 Å². The monoisotopic (exact) mass is 537 g/mol. The van der Waals surface area contributed by atoms with Crippen LogP contribution in [0.5, 0.6) is 0 Å². The third-order valence-corrected chi connectivity index (χ3v) is 7.08. The van der Waals surface area contributed by atoms with E-state index in [0.717, 1.165) is 23.0 Å². The van der Waals surface area contributed by atoms with Crippen molar-refractivity contribution in [1.29, 1.82) is 0 Å². The van der Waals surface area contributed by atoms with Crippen molar-refractivity contribution in [3.63, 3.8) is 0 Å². The molecule has 5 rings (SSSR count). The number of rotatable bonds is 6. The molecule has 0 spiro atoms. The second-order valence-corrected chi connectivity index (χ2v) is 9.74. The van der Waals surface area contributed by atoms with E-state index < -0.39 is 0 Å². The Labute approximate surface area is 232 Å². The quantitative estimate of drug-likeness (QED) is 0.254. The van der Waals surface area contributed by atoms with Gasteiger partial charge < -0.3 is 9.88 Å². The van der Waals surface area contributed by atoms with Gasteiger partial charge in [-0.3, -0.25) is 9.78 Å². The van der Waals surface area contributed by atoms with Gasteiger partial charge in [0.05, 0.1) is 11.1 Å². The largest absolute Gasteiger partial charge is 0.373 e. The lowest BCUT2D eigenvalue weighted by atomic mass is 10.0. The standard InChI is InChI=1S/C31H28ClN3O.CO2/c1-20-22(3)35(19-23-9-11-25(12-10-23)24-7-5-4-6-8-24)30-14-13-26(16-29(20)30)31(36)34-21(2)27-15-28(32)18-33-17-27;2-1-3/h4-18,21H,19H2,1-3H3,(H,34,36);/t21-;/m0./s1. The van der Waals surface area contributed by atoms with Crippen LogP contribution in [0.15, 0.2) is 91.3 Å². The summed E-state index contributed by atoms with van der Waals surface area (Å²) in [5, 5.41) is 4.71. The fraction of sp³-hybridized carbons (Fsp3) is 0.156. The molecule has 2 heterocycles. The molecule has 0 aliphatic carbocycles. The van der Waals surface area contributed by atoms with E-state index in [0.29, 0.717) is 10.6 Å². The Balaban J connectivity index is 0.00000112. The molecule has 1 N–H and O–H groups in total. The number of pyridine rings is 1. The van der Waals surface area contributed by atoms with Crippen molar-refractivity contribution >= 4 is 34.6 Å². The molecular weight excluding hydrogens is 510 g/mol. The third kappa shape index (κ3) is 6.32. The first-order valence-electron chi connectivity index (χ1n) is 12.5. The summed E-state index contributed by atoms with van der Waals surface area (Å²) in [6, 6.07) is 26.7. The van der Waals surface area contributed by atoms with Gasteiger partial charge in [-0.1, -0.05) is 66.2 Å². The molecule has 3 aromatic carbocycles. The second kappa shape index (κ2) is 12.4. The van der Waals surface area contributed by atoms with Crippen LogP contribution in [0, 0.1) is 13.8 Å². The average molecular weight is 538 g/mol. The van der Waals surface area contributed by atoms with E-state index in [1.165, 1.54) is 27.9 Å². The molecule has 7 heteroatoms. The molecule has 0 unspecified atom stereocenters. The summed E-state index contributed by atoms with van der Waals surface area (Å²) in [5.74, 6) is -0.120. The minimum atomic E-state index is -0.203. The molecule has 1 atom stereocenters. The SMILES string of the molecule is Cc1c(C)n(Cc2ccc(-c3ccccc3)cc2)c2ccc(C(=O)N[C@@H](C)c3cncc(Cl)c3)cc12.O=C=O. The number of carbonyl (C=O) groups is 1. The van der Waals surface area contributed by atoms with Crippen molar-refractivity contribution in [2.24, 2.45) is 0 Å². The van der Waals surface area contributed by atoms with Crippen LogP contribution in [0.1, 0.15) is 45.7 Å². The zero-order valence-corrected chi connectivity index (χ0v) is 22.7. The summed E-state index contributed by atoms with van der Waals surface area (Å²) in [6.07, 6.45) is 3.56. The first-order chi connectivity index (χ1) is 18.8. The van der Waals surface area contributed by atoms with Gasteiger partial charge >= 0.3 is 6.15 Å². The molecule has 0 aliphatic rings. The number of nitrogens with one attached hydrogen (secondary N) is 1. The van der Waals surface area contributed by atoms with E-state index in [9.17, 15) is 4.79 Å². The van der Waals surface area contributed by atoms with E-state index in [1.807, 2.05) is 37.3 Å². The van der Waals surface area contributed by atoms with Crippen LogP contribution in [0.25, 0.3) is 22.0 Å². The van der Waals surface area contributed by atoms with Crippen LogP contribution in [0.3, 0.4) is 0 Å². The number of amides is 1. The van der Waals surface area contributed by atoms with Crippen LogP contribution in [-0.4, -0.2) is 21.6 Å². The normalized spacial score (nSPS) is 11.3. The van der Waals surface area contributed by atoms with Crippen molar-refractivity contribution in [3.8, 4) is 11.1 Å². The van der Waals surface area contributed by atoms with Gasteiger partial charge in [-0.15, -0.1) is 0 Å². The summed E-state index contributed by atoms with van der Waals surface area (Å²) in [5.41, 5.74) is 8.68. The van der Waals surface area contributed by atoms with Crippen LogP contribution >= 0.6 is 11.6 Å². The molecule has 0 saturated carbocycles. The Kier molecular flexibility index (Phi) is 8.72. The summed E-state index contributed by atoms with van der Waals surface area (Å²) >= 11 is 6.06. The lowest BCUT2D eigenvalue weighted by Crippen LogP contribution is -2.26. The first kappa shape index (κ1) is 27.5. The van der Waals surface area contributed by atoms with E-state index in [4.69, 9.17) is 21.2 Å². The maximum absolute atomic E-state index is 13.0. The van der Waals surface area contributed by atoms with Gasteiger partial charge in [0.15, 0.2) is 0 Å². The molecule has 0 fully saturated rings. The number of hydrogen-bond acceptors (Lipinski definition) is 4. The lowest BCUT2D eigenvalue weighted by Gasteiger charge is -2.14. The Morgan fingerprint density at radius 1 is 0.949 bits per heavy atom. The number of hydrogen-bond donors (Lipinski definition) is 1. The molecule has 0 aliphatic heterocycles. The van der Waals surface area contributed by atoms with Gasteiger partial charge in [-0.2, -0.15) is 9.59 Å². The van der Waals surface area contributed by atoms with E-state index in [1.54, 1.807) is 12.4 Å². The maximum atomic E-state index is 13.0. The maximum Gasteiger partial charge on any atom is 0.373 e. The zero-order valence-electron chi connectivity index (χ0n) is 21.9. The number of fused-ring (bicyclic) bond motifs is 1. The zero-order chi connectivity index (χ0) is 27.9. The highest BCUT2D eigenvalue weighted by Gasteiger charge is 2.16. The molecule has 5 aromatic rings. The van der Waals surface area contributed by atoms with Gasteiger partial charge in [-0.05, 0) is 72.9 Å². The minimum Gasteiger partial charge on any atom is -0.345 e. The van der Waals surface area contributed by atoms with Crippen molar-refractivity contribution in [2.75, 3.05) is 0 Å². The number of benzene rings is 3. The van der Waals surface area contributed by atoms with Crippen LogP contribution in [0.4, 0.5) is 0 Å². The van der Waals surface area contributed by atoms with Crippen LogP contribution < -0.4 is 5.32 Å². The predicted molar refractivity (Wildman–Crippen MR) is 153 cm³/mol. The lowest BCUT2D eigenvalue weighted by molar-refractivity contribution is -0.191. The van der Waals surface area contributed by atoms with E-state index in [-0.39, 0.29) is 18.1 Å². The summed E-state index contributed by atoms with van der Waals surface area (Å²) < 4.78 is 2.32. The highest BCUT2D eigenvalue weighted by atomic mass is 35.5. The molecule has 6 nitrogen and oxygen atoms in total. The number of halogens is 1. The molecule has 2 aromatic heterocycles. The highest BCUT2D eigenvalue weighted by Crippen LogP contribution is 2.28. The molecule has 39 heavy (non-hydrogen) atoms. The smallest absolute Gasteiger partial charge is 0.345 e. The summed E-state index contributed by atoms with van der Waals surface area (Å²) in [6.45, 7) is 6.96. The van der Waals surface area contributed by atoms with Crippen molar-refractivity contribution < 1.29 is 14.4 Å². The molecule has 0 radical (unpaired) electrons. The second-order valence-electron chi connectivity index (χ2n) is 9.31. The van der Waals surface area contributed by atoms with E-state index >= 15 is 0 Å². The molecule has 0 saturated heterocycles. The number of carbonyl (C=O) groups excluding carboxylic acids is 3. The highest BCUT2D eigenvalue weighted by molar-refractivity contribution is 6.30. The van der Waals surface area contributed by atoms with Gasteiger partial charge in [0.1, 0.15) is 0 Å². The van der Waals surface area contributed by atoms with Gasteiger partial charge in [0.2, 0.25) is 0 Å². The molecule has 1 amide bonds. The summed E-state index contributed by atoms with van der Waals surface area (Å²) in [4.78, 5) is 33.4. The van der Waals surface area contributed by atoms with Crippen molar-refractivity contribution in [1.82, 2.24) is 14.9 Å². The van der Waals surface area contributed by atoms with Gasteiger partial charge in [0.25, 0.3) is 5.91 Å². The average Bonchev–Trinajstić information content (AvgIpc) is 3.18. The van der Waals surface area contributed by atoms with Crippen molar-refractivity contribution in [3.05, 3.63) is 124 Å². The van der Waals surface area contributed by atoms with Crippen LogP contribution in [-0.2, 0) is 16.1 Å². The predicted octanol–water partition coefficient (Wildman–Crippen LogP) is 6.93. The molecular formula is C32H28ClN3O3. The number of nitrogens with zero attached hydrogens (tertiary/aromatic N) is 2. The topological polar surface area (TPSA) is 81.1 Å². The summed E-state index contributed by atoms with van der Waals surface area (Å²) in [7, 11) is 0. The third-order valence-electron chi connectivity index (χ3n) is 6.88. The fourth-order valence-electron chi connectivity index (χ4n) is 4.64. The minimum absolute atomic E-state index is 0.120. The fourth-order valence-corrected chi connectivity index (χ4v) is 4.82. The molecule has 0 bridgehead atoms. The van der Waals surface area contributed by atoms with Gasteiger partial charge in [0, 0.05) is 41.1 Å². The van der Waals surface area contributed by atoms with Crippen molar-refractivity contribution in [2.45, 2.75) is 33.4 Å². The van der Waals surface area contributed by atoms with Gasteiger partial charge in [-0.25, -0.2) is 0 Å². The number of aromatic nitrogens is 2. The Morgan fingerprint density at radius 2 is 1.62 bits per heavy atom. The Morgan fingerprint density at radius 3 is 2.28 bits per heavy atom. The Hall–Kier alpha value is -4.51. The van der Waals surface area contributed by atoms with Crippen LogP contribution in [0.2, 0.25) is 5.02 Å².